The first-order valence-electron chi connectivity index (χ1n) is 10.1. The summed E-state index contributed by atoms with van der Waals surface area (Å²) in [6.07, 6.45) is 8.02. The van der Waals surface area contributed by atoms with Gasteiger partial charge in [-0.3, -0.25) is 19.9 Å². The van der Waals surface area contributed by atoms with Gasteiger partial charge in [-0.05, 0) is 75.5 Å². The van der Waals surface area contributed by atoms with E-state index in [1.807, 2.05) is 24.5 Å². The molecule has 0 radical (unpaired) electrons. The highest BCUT2D eigenvalue weighted by molar-refractivity contribution is 5.29. The van der Waals surface area contributed by atoms with Crippen LogP contribution in [0, 0.1) is 13.8 Å². The van der Waals surface area contributed by atoms with Gasteiger partial charge < -0.3 is 0 Å². The molecule has 4 heteroatoms. The molecule has 4 rings (SSSR count). The number of pyridine rings is 3. The van der Waals surface area contributed by atoms with E-state index in [-0.39, 0.29) is 0 Å². The second-order valence-corrected chi connectivity index (χ2v) is 7.83. The van der Waals surface area contributed by atoms with Crippen LogP contribution in [-0.2, 0) is 6.42 Å². The molecule has 2 atom stereocenters. The number of rotatable bonds is 4. The predicted molar refractivity (Wildman–Crippen MR) is 112 cm³/mol. The second kappa shape index (κ2) is 8.19. The summed E-state index contributed by atoms with van der Waals surface area (Å²) in [5.41, 5.74) is 7.04. The zero-order valence-electron chi connectivity index (χ0n) is 17.0. The van der Waals surface area contributed by atoms with Crippen molar-refractivity contribution in [1.29, 1.82) is 0 Å². The van der Waals surface area contributed by atoms with Crippen molar-refractivity contribution < 1.29 is 0 Å². The highest BCUT2D eigenvalue weighted by Crippen LogP contribution is 2.40. The summed E-state index contributed by atoms with van der Waals surface area (Å²) in [5.74, 6) is 0. The van der Waals surface area contributed by atoms with E-state index in [2.05, 4.69) is 66.1 Å². The lowest BCUT2D eigenvalue weighted by atomic mass is 9.90. The summed E-state index contributed by atoms with van der Waals surface area (Å²) in [6.45, 7) is 4.29. The maximum atomic E-state index is 5.11. The van der Waals surface area contributed by atoms with Gasteiger partial charge in [0, 0.05) is 30.2 Å². The zero-order chi connectivity index (χ0) is 19.5. The molecule has 28 heavy (non-hydrogen) atoms. The van der Waals surface area contributed by atoms with E-state index in [0.717, 1.165) is 36.3 Å². The van der Waals surface area contributed by atoms with Crippen molar-refractivity contribution >= 4 is 0 Å². The van der Waals surface area contributed by atoms with E-state index in [1.165, 1.54) is 23.2 Å². The van der Waals surface area contributed by atoms with Crippen LogP contribution in [0.25, 0.3) is 0 Å². The van der Waals surface area contributed by atoms with Gasteiger partial charge in [-0.2, -0.15) is 0 Å². The first-order chi connectivity index (χ1) is 13.6. The van der Waals surface area contributed by atoms with Crippen LogP contribution < -0.4 is 0 Å². The van der Waals surface area contributed by atoms with E-state index < -0.39 is 0 Å². The topological polar surface area (TPSA) is 41.9 Å². The molecule has 0 aliphatic carbocycles. The van der Waals surface area contributed by atoms with Crippen molar-refractivity contribution in [1.82, 2.24) is 19.9 Å². The maximum Gasteiger partial charge on any atom is 0.0608 e. The minimum atomic E-state index is 0.325. The van der Waals surface area contributed by atoms with Gasteiger partial charge in [-0.15, -0.1) is 0 Å². The lowest BCUT2D eigenvalue weighted by Crippen LogP contribution is -2.34. The van der Waals surface area contributed by atoms with Crippen LogP contribution in [0.4, 0.5) is 0 Å². The fourth-order valence-corrected chi connectivity index (χ4v) is 4.29. The molecule has 4 heterocycles. The maximum absolute atomic E-state index is 5.11. The number of aromatic nitrogens is 3. The van der Waals surface area contributed by atoms with Gasteiger partial charge in [0.2, 0.25) is 0 Å². The van der Waals surface area contributed by atoms with E-state index in [4.69, 9.17) is 4.98 Å². The normalized spacial score (nSPS) is 20.2. The molecule has 3 aromatic rings. The fraction of sp³-hybridized carbons (Fsp3) is 0.375. The Morgan fingerprint density at radius 3 is 2.50 bits per heavy atom. The summed E-state index contributed by atoms with van der Waals surface area (Å²) < 4.78 is 0. The third kappa shape index (κ3) is 3.83. The minimum Gasteiger partial charge on any atom is -0.289 e. The van der Waals surface area contributed by atoms with Gasteiger partial charge in [-0.25, -0.2) is 0 Å². The summed E-state index contributed by atoms with van der Waals surface area (Å²) in [5, 5.41) is 0. The standard InChI is InChI=1S/C24H28N4/c1-17-8-7-15-26-21(17)16-19-13-12-18(2)24(27-19)23-11-6-10-22(28(23)3)20-9-4-5-14-25-20/h4-5,7-9,12-15,22-23H,6,10-11,16H2,1-3H3/t22-,23+/m0/s1. The Labute approximate surface area is 167 Å². The molecule has 144 valence electrons. The number of aryl methyl sites for hydroxylation is 2. The summed E-state index contributed by atoms with van der Waals surface area (Å²) in [7, 11) is 2.22. The van der Waals surface area contributed by atoms with Crippen molar-refractivity contribution in [3.05, 3.63) is 88.8 Å². The van der Waals surface area contributed by atoms with Crippen LogP contribution >= 0.6 is 0 Å². The Kier molecular flexibility index (Phi) is 5.49. The Morgan fingerprint density at radius 1 is 0.893 bits per heavy atom. The van der Waals surface area contributed by atoms with Gasteiger partial charge >= 0.3 is 0 Å². The molecule has 0 unspecified atom stereocenters. The Balaban J connectivity index is 1.62. The van der Waals surface area contributed by atoms with E-state index in [1.54, 1.807) is 0 Å². The molecular formula is C24H28N4. The number of hydrogen-bond donors (Lipinski definition) is 0. The molecular weight excluding hydrogens is 344 g/mol. The zero-order valence-corrected chi connectivity index (χ0v) is 17.0. The van der Waals surface area contributed by atoms with Crippen LogP contribution in [0.3, 0.4) is 0 Å². The number of hydrogen-bond acceptors (Lipinski definition) is 4. The molecule has 1 fully saturated rings. The first kappa shape index (κ1) is 18.8. The number of likely N-dealkylation sites (tertiary alicyclic amines) is 1. The second-order valence-electron chi connectivity index (χ2n) is 7.83. The van der Waals surface area contributed by atoms with Gasteiger partial charge in [-0.1, -0.05) is 18.2 Å². The quantitative estimate of drug-likeness (QED) is 0.648. The van der Waals surface area contributed by atoms with Crippen LogP contribution in [0.1, 0.15) is 65.2 Å². The molecule has 1 aliphatic heterocycles. The van der Waals surface area contributed by atoms with Gasteiger partial charge in [0.1, 0.15) is 0 Å². The lowest BCUT2D eigenvalue weighted by molar-refractivity contribution is 0.109. The number of piperidine rings is 1. The van der Waals surface area contributed by atoms with Gasteiger partial charge in [0.25, 0.3) is 0 Å². The number of nitrogens with zero attached hydrogens (tertiary/aromatic N) is 4. The van der Waals surface area contributed by atoms with E-state index in [9.17, 15) is 0 Å². The summed E-state index contributed by atoms with van der Waals surface area (Å²) in [6, 6.07) is 15.3. The monoisotopic (exact) mass is 372 g/mol. The van der Waals surface area contributed by atoms with Crippen molar-refractivity contribution in [3.8, 4) is 0 Å². The third-order valence-electron chi connectivity index (χ3n) is 5.94. The Hall–Kier alpha value is -2.59. The van der Waals surface area contributed by atoms with Crippen molar-refractivity contribution in [3.63, 3.8) is 0 Å². The van der Waals surface area contributed by atoms with Crippen LogP contribution in [0.15, 0.2) is 54.9 Å². The molecule has 0 amide bonds. The van der Waals surface area contributed by atoms with Crippen LogP contribution in [0.5, 0.6) is 0 Å². The molecule has 0 bridgehead atoms. The minimum absolute atomic E-state index is 0.325. The lowest BCUT2D eigenvalue weighted by Gasteiger charge is -2.39. The first-order valence-corrected chi connectivity index (χ1v) is 10.1. The molecule has 0 saturated carbocycles. The van der Waals surface area contributed by atoms with Gasteiger partial charge in [0.05, 0.1) is 23.5 Å². The van der Waals surface area contributed by atoms with Crippen LogP contribution in [0.2, 0.25) is 0 Å². The third-order valence-corrected chi connectivity index (χ3v) is 5.94. The van der Waals surface area contributed by atoms with Crippen LogP contribution in [-0.4, -0.2) is 26.9 Å². The molecule has 0 spiro atoms. The summed E-state index contributed by atoms with van der Waals surface area (Å²) in [4.78, 5) is 16.7. The Bertz CT molecular complexity index is 938. The highest BCUT2D eigenvalue weighted by atomic mass is 15.2. The van der Waals surface area contributed by atoms with Gasteiger partial charge in [0.15, 0.2) is 0 Å². The average Bonchev–Trinajstić information content (AvgIpc) is 2.72. The molecule has 3 aromatic heterocycles. The van der Waals surface area contributed by atoms with Crippen molar-refractivity contribution in [2.45, 2.75) is 51.6 Å². The van der Waals surface area contributed by atoms with Crippen molar-refractivity contribution in [2.75, 3.05) is 7.05 Å². The Morgan fingerprint density at radius 2 is 1.71 bits per heavy atom. The average molecular weight is 373 g/mol. The molecule has 4 nitrogen and oxygen atoms in total. The SMILES string of the molecule is Cc1cccnc1Cc1ccc(C)c([C@H]2CCC[C@@H](c3ccccn3)N2C)n1. The van der Waals surface area contributed by atoms with Crippen molar-refractivity contribution in [2.24, 2.45) is 0 Å². The van der Waals surface area contributed by atoms with E-state index in [0.29, 0.717) is 12.1 Å². The highest BCUT2D eigenvalue weighted by Gasteiger charge is 2.32. The largest absolute Gasteiger partial charge is 0.289 e. The van der Waals surface area contributed by atoms with E-state index >= 15 is 0 Å². The smallest absolute Gasteiger partial charge is 0.0608 e. The summed E-state index contributed by atoms with van der Waals surface area (Å²) >= 11 is 0. The molecule has 1 saturated heterocycles. The molecule has 0 aromatic carbocycles. The molecule has 1 aliphatic rings. The fourth-order valence-electron chi connectivity index (χ4n) is 4.29. The molecule has 0 N–H and O–H groups in total. The predicted octanol–water partition coefficient (Wildman–Crippen LogP) is 4.98.